The molecule has 1 aromatic rings. The number of sulfonamides is 1. The Morgan fingerprint density at radius 3 is 2.30 bits per heavy atom. The van der Waals surface area contributed by atoms with E-state index in [1.54, 1.807) is 10.4 Å². The Balaban J connectivity index is 1.84. The van der Waals surface area contributed by atoms with Crippen molar-refractivity contribution in [3.63, 3.8) is 0 Å². The Bertz CT molecular complexity index is 647. The molecule has 0 N–H and O–H groups in total. The van der Waals surface area contributed by atoms with Crippen LogP contribution in [0.3, 0.4) is 0 Å². The van der Waals surface area contributed by atoms with Crippen LogP contribution in [0.15, 0.2) is 23.2 Å². The van der Waals surface area contributed by atoms with Gasteiger partial charge in [-0.3, -0.25) is 0 Å². The van der Waals surface area contributed by atoms with Crippen LogP contribution in [0.1, 0.15) is 47.0 Å². The van der Waals surface area contributed by atoms with E-state index in [2.05, 4.69) is 9.88 Å². The Morgan fingerprint density at radius 1 is 1.17 bits per heavy atom. The molecule has 6 heteroatoms. The van der Waals surface area contributed by atoms with E-state index in [1.807, 2.05) is 33.8 Å². The minimum Gasteiger partial charge on any atom is -0.353 e. The molecule has 128 valence electrons. The molecular weight excluding hydrogens is 310 g/mol. The number of nitrogens with zero attached hydrogens (tertiary/aromatic N) is 3. The van der Waals surface area contributed by atoms with Gasteiger partial charge < -0.3 is 4.90 Å². The summed E-state index contributed by atoms with van der Waals surface area (Å²) in [6.07, 6.45) is 5.34. The summed E-state index contributed by atoms with van der Waals surface area (Å²) in [5.41, 5.74) is 0. The van der Waals surface area contributed by atoms with Crippen molar-refractivity contribution in [2.45, 2.75) is 70.0 Å². The molecule has 2 atom stereocenters. The summed E-state index contributed by atoms with van der Waals surface area (Å²) in [5, 5.41) is 0. The lowest BCUT2D eigenvalue weighted by atomic mass is 10.1. The molecule has 23 heavy (non-hydrogen) atoms. The number of piperidine rings is 1. The molecular formula is C17H27N3O2S. The SMILES string of the molecule is CC(C)N(C(C)C)S(=O)(=O)c1ccc(N2CC3CCC2C3)nc1. The van der Waals surface area contributed by atoms with Gasteiger partial charge in [0.15, 0.2) is 0 Å². The second-order valence-corrected chi connectivity index (χ2v) is 9.20. The van der Waals surface area contributed by atoms with Crippen molar-refractivity contribution in [3.8, 4) is 0 Å². The standard InChI is InChI=1S/C17H27N3O2S/c1-12(2)20(13(3)4)23(21,22)16-7-8-17(18-10-16)19-11-14-5-6-15(19)9-14/h7-8,10,12-15H,5-6,9,11H2,1-4H3. The Labute approximate surface area is 139 Å². The molecule has 1 aliphatic carbocycles. The average Bonchev–Trinajstić information content (AvgIpc) is 3.08. The zero-order valence-corrected chi connectivity index (χ0v) is 15.3. The van der Waals surface area contributed by atoms with Crippen LogP contribution in [-0.2, 0) is 10.0 Å². The third kappa shape index (κ3) is 2.98. The Morgan fingerprint density at radius 2 is 1.87 bits per heavy atom. The van der Waals surface area contributed by atoms with Gasteiger partial charge in [-0.25, -0.2) is 13.4 Å². The summed E-state index contributed by atoms with van der Waals surface area (Å²) < 4.78 is 27.2. The second kappa shape index (κ2) is 6.06. The van der Waals surface area contributed by atoms with Crippen molar-refractivity contribution >= 4 is 15.8 Å². The van der Waals surface area contributed by atoms with Crippen LogP contribution < -0.4 is 4.90 Å². The van der Waals surface area contributed by atoms with E-state index in [4.69, 9.17) is 0 Å². The van der Waals surface area contributed by atoms with E-state index in [0.29, 0.717) is 6.04 Å². The van der Waals surface area contributed by atoms with Crippen LogP contribution in [0.4, 0.5) is 5.82 Å². The fourth-order valence-corrected chi connectivity index (χ4v) is 5.95. The minimum atomic E-state index is -3.50. The van der Waals surface area contributed by atoms with Crippen LogP contribution in [-0.4, -0.2) is 42.4 Å². The summed E-state index contributed by atoms with van der Waals surface area (Å²) in [7, 11) is -3.50. The predicted molar refractivity (Wildman–Crippen MR) is 92.0 cm³/mol. The number of fused-ring (bicyclic) bond motifs is 2. The van der Waals surface area contributed by atoms with Crippen molar-refractivity contribution in [3.05, 3.63) is 18.3 Å². The molecule has 5 nitrogen and oxygen atoms in total. The van der Waals surface area contributed by atoms with Crippen LogP contribution in [0.25, 0.3) is 0 Å². The van der Waals surface area contributed by atoms with E-state index < -0.39 is 10.0 Å². The first-order chi connectivity index (χ1) is 10.8. The maximum Gasteiger partial charge on any atom is 0.245 e. The molecule has 2 aliphatic rings. The Kier molecular flexibility index (Phi) is 4.40. The molecule has 2 fully saturated rings. The van der Waals surface area contributed by atoms with Gasteiger partial charge in [-0.1, -0.05) is 0 Å². The van der Waals surface area contributed by atoms with Crippen LogP contribution in [0, 0.1) is 5.92 Å². The number of pyridine rings is 1. The second-order valence-electron chi connectivity index (χ2n) is 7.36. The van der Waals surface area contributed by atoms with Crippen LogP contribution in [0.5, 0.6) is 0 Å². The molecule has 2 unspecified atom stereocenters. The third-order valence-corrected chi connectivity index (χ3v) is 7.25. The summed E-state index contributed by atoms with van der Waals surface area (Å²) in [5.74, 6) is 1.71. The first-order valence-corrected chi connectivity index (χ1v) is 10.0. The van der Waals surface area contributed by atoms with Crippen molar-refractivity contribution in [1.82, 2.24) is 9.29 Å². The lowest BCUT2D eigenvalue weighted by Gasteiger charge is -2.30. The zero-order chi connectivity index (χ0) is 16.8. The maximum atomic E-state index is 12.8. The van der Waals surface area contributed by atoms with Crippen molar-refractivity contribution in [2.24, 2.45) is 5.92 Å². The molecule has 0 spiro atoms. The van der Waals surface area contributed by atoms with Crippen LogP contribution >= 0.6 is 0 Å². The molecule has 2 bridgehead atoms. The zero-order valence-electron chi connectivity index (χ0n) is 14.4. The highest BCUT2D eigenvalue weighted by Gasteiger charge is 2.38. The van der Waals surface area contributed by atoms with Gasteiger partial charge in [-0.2, -0.15) is 4.31 Å². The number of hydrogen-bond donors (Lipinski definition) is 0. The largest absolute Gasteiger partial charge is 0.353 e. The minimum absolute atomic E-state index is 0.0750. The third-order valence-electron chi connectivity index (χ3n) is 5.02. The highest BCUT2D eigenvalue weighted by Crippen LogP contribution is 2.39. The normalized spacial score (nSPS) is 24.4. The lowest BCUT2D eigenvalue weighted by molar-refractivity contribution is 0.302. The van der Waals surface area contributed by atoms with Gasteiger partial charge in [0.25, 0.3) is 0 Å². The van der Waals surface area contributed by atoms with Crippen LogP contribution in [0.2, 0.25) is 0 Å². The van der Waals surface area contributed by atoms with Crippen molar-refractivity contribution in [2.75, 3.05) is 11.4 Å². The molecule has 0 aromatic carbocycles. The molecule has 2 heterocycles. The average molecular weight is 337 g/mol. The molecule has 3 rings (SSSR count). The van der Waals surface area contributed by atoms with Gasteiger partial charge in [0, 0.05) is 30.9 Å². The topological polar surface area (TPSA) is 53.5 Å². The summed E-state index contributed by atoms with van der Waals surface area (Å²) in [6.45, 7) is 8.68. The van der Waals surface area contributed by atoms with E-state index in [-0.39, 0.29) is 17.0 Å². The molecule has 1 aliphatic heterocycles. The van der Waals surface area contributed by atoms with E-state index in [1.165, 1.54) is 25.5 Å². The molecule has 1 saturated carbocycles. The monoisotopic (exact) mass is 337 g/mol. The van der Waals surface area contributed by atoms with Gasteiger partial charge >= 0.3 is 0 Å². The first kappa shape index (κ1) is 16.7. The van der Waals surface area contributed by atoms with Gasteiger partial charge in [0.05, 0.1) is 0 Å². The van der Waals surface area contributed by atoms with Gasteiger partial charge in [-0.15, -0.1) is 0 Å². The smallest absolute Gasteiger partial charge is 0.245 e. The van der Waals surface area contributed by atoms with E-state index in [9.17, 15) is 8.42 Å². The number of hydrogen-bond acceptors (Lipinski definition) is 4. The number of anilines is 1. The summed E-state index contributed by atoms with van der Waals surface area (Å²) in [4.78, 5) is 7.09. The van der Waals surface area contributed by atoms with Gasteiger partial charge in [0.2, 0.25) is 10.0 Å². The predicted octanol–water partition coefficient (Wildman–Crippen LogP) is 2.88. The maximum absolute atomic E-state index is 12.8. The molecule has 1 aromatic heterocycles. The Hall–Kier alpha value is -1.14. The van der Waals surface area contributed by atoms with E-state index in [0.717, 1.165) is 18.3 Å². The van der Waals surface area contributed by atoms with Crippen molar-refractivity contribution in [1.29, 1.82) is 0 Å². The molecule has 0 amide bonds. The summed E-state index contributed by atoms with van der Waals surface area (Å²) in [6, 6.07) is 4.02. The number of rotatable bonds is 5. The first-order valence-electron chi connectivity index (χ1n) is 8.57. The van der Waals surface area contributed by atoms with Gasteiger partial charge in [-0.05, 0) is 65.0 Å². The highest BCUT2D eigenvalue weighted by molar-refractivity contribution is 7.89. The van der Waals surface area contributed by atoms with E-state index >= 15 is 0 Å². The van der Waals surface area contributed by atoms with Crippen molar-refractivity contribution < 1.29 is 8.42 Å². The quantitative estimate of drug-likeness (QED) is 0.829. The summed E-state index contributed by atoms with van der Waals surface area (Å²) >= 11 is 0. The molecule has 0 radical (unpaired) electrons. The van der Waals surface area contributed by atoms with Gasteiger partial charge in [0.1, 0.15) is 10.7 Å². The lowest BCUT2D eigenvalue weighted by Crippen LogP contribution is -2.42. The number of aromatic nitrogens is 1. The fourth-order valence-electron chi connectivity index (χ4n) is 4.17. The fraction of sp³-hybridized carbons (Fsp3) is 0.706. The highest BCUT2D eigenvalue weighted by atomic mass is 32.2. The molecule has 1 saturated heterocycles.